The van der Waals surface area contributed by atoms with Crippen LogP contribution in [0.3, 0.4) is 0 Å². The zero-order valence-corrected chi connectivity index (χ0v) is 17.2. The summed E-state index contributed by atoms with van der Waals surface area (Å²) < 4.78 is 0. The molecule has 0 saturated carbocycles. The van der Waals surface area contributed by atoms with Crippen molar-refractivity contribution in [1.29, 1.82) is 0 Å². The number of amides is 1. The zero-order chi connectivity index (χ0) is 18.8. The van der Waals surface area contributed by atoms with Crippen LogP contribution < -0.4 is 4.90 Å². The third-order valence-corrected chi connectivity index (χ3v) is 6.58. The van der Waals surface area contributed by atoms with Crippen molar-refractivity contribution in [2.45, 2.75) is 72.0 Å². The zero-order valence-electron chi connectivity index (χ0n) is 17.2. The molecule has 0 aliphatic carbocycles. The standard InChI is InChI=1S/C22H35N3O/c1-16-8-6-11-21(19(16)4)24-14-12-23(13-15-24)20(5)22(26)25-17(2)9-7-10-18(25)3/h6,8,11,17-18,20H,7,9-10,12-15H2,1-5H3/t17-,18+,20-/m0/s1. The van der Waals surface area contributed by atoms with Gasteiger partial charge in [-0.2, -0.15) is 0 Å². The number of piperidine rings is 1. The molecule has 0 N–H and O–H groups in total. The second kappa shape index (κ2) is 7.99. The molecule has 0 bridgehead atoms. The monoisotopic (exact) mass is 357 g/mol. The van der Waals surface area contributed by atoms with Crippen molar-refractivity contribution in [3.63, 3.8) is 0 Å². The second-order valence-corrected chi connectivity index (χ2v) is 8.29. The highest BCUT2D eigenvalue weighted by molar-refractivity contribution is 5.82. The number of carbonyl (C=O) groups is 1. The summed E-state index contributed by atoms with van der Waals surface area (Å²) in [7, 11) is 0. The van der Waals surface area contributed by atoms with E-state index in [2.05, 4.69) is 67.5 Å². The Labute approximate surface area is 159 Å². The van der Waals surface area contributed by atoms with Crippen molar-refractivity contribution in [1.82, 2.24) is 9.80 Å². The predicted octanol–water partition coefficient (Wildman–Crippen LogP) is 3.60. The second-order valence-electron chi connectivity index (χ2n) is 8.29. The summed E-state index contributed by atoms with van der Waals surface area (Å²) in [6.07, 6.45) is 3.53. The Bertz CT molecular complexity index is 626. The fraction of sp³-hybridized carbons (Fsp3) is 0.682. The summed E-state index contributed by atoms with van der Waals surface area (Å²) in [6.45, 7) is 14.8. The molecule has 0 aromatic heterocycles. The number of likely N-dealkylation sites (tertiary alicyclic amines) is 1. The number of hydrogen-bond donors (Lipinski definition) is 0. The lowest BCUT2D eigenvalue weighted by molar-refractivity contribution is -0.142. The van der Waals surface area contributed by atoms with Gasteiger partial charge in [-0.25, -0.2) is 0 Å². The van der Waals surface area contributed by atoms with Gasteiger partial charge in [-0.05, 0) is 71.1 Å². The number of nitrogens with zero attached hydrogens (tertiary/aromatic N) is 3. The van der Waals surface area contributed by atoms with E-state index in [1.807, 2.05) is 0 Å². The largest absolute Gasteiger partial charge is 0.369 e. The molecule has 2 aliphatic rings. The number of carbonyl (C=O) groups excluding carboxylic acids is 1. The summed E-state index contributed by atoms with van der Waals surface area (Å²) in [4.78, 5) is 20.1. The molecule has 0 unspecified atom stereocenters. The first-order valence-corrected chi connectivity index (χ1v) is 10.3. The lowest BCUT2D eigenvalue weighted by Crippen LogP contribution is -2.58. The Morgan fingerprint density at radius 3 is 2.27 bits per heavy atom. The fourth-order valence-corrected chi connectivity index (χ4v) is 4.66. The highest BCUT2D eigenvalue weighted by Gasteiger charge is 2.35. The maximum Gasteiger partial charge on any atom is 0.240 e. The van der Waals surface area contributed by atoms with E-state index in [1.165, 1.54) is 23.2 Å². The number of anilines is 1. The minimum atomic E-state index is -0.0150. The van der Waals surface area contributed by atoms with E-state index in [0.717, 1.165) is 39.0 Å². The minimum absolute atomic E-state index is 0.0150. The third-order valence-electron chi connectivity index (χ3n) is 6.58. The first-order valence-electron chi connectivity index (χ1n) is 10.3. The number of rotatable bonds is 3. The van der Waals surface area contributed by atoms with E-state index in [-0.39, 0.29) is 6.04 Å². The molecule has 26 heavy (non-hydrogen) atoms. The number of aryl methyl sites for hydroxylation is 1. The van der Waals surface area contributed by atoms with E-state index in [1.54, 1.807) is 0 Å². The van der Waals surface area contributed by atoms with Crippen LogP contribution in [0.5, 0.6) is 0 Å². The minimum Gasteiger partial charge on any atom is -0.369 e. The molecular weight excluding hydrogens is 322 g/mol. The molecule has 144 valence electrons. The molecule has 2 saturated heterocycles. The number of hydrogen-bond acceptors (Lipinski definition) is 3. The van der Waals surface area contributed by atoms with Crippen LogP contribution in [0, 0.1) is 13.8 Å². The lowest BCUT2D eigenvalue weighted by atomic mass is 9.96. The van der Waals surface area contributed by atoms with Gasteiger partial charge in [-0.3, -0.25) is 9.69 Å². The molecule has 0 spiro atoms. The summed E-state index contributed by atoms with van der Waals surface area (Å²) in [5.74, 6) is 0.324. The summed E-state index contributed by atoms with van der Waals surface area (Å²) >= 11 is 0. The first-order chi connectivity index (χ1) is 12.4. The molecule has 2 fully saturated rings. The molecule has 2 heterocycles. The molecule has 1 amide bonds. The average molecular weight is 358 g/mol. The quantitative estimate of drug-likeness (QED) is 0.827. The molecule has 4 heteroatoms. The van der Waals surface area contributed by atoms with Crippen LogP contribution >= 0.6 is 0 Å². The van der Waals surface area contributed by atoms with Crippen LogP contribution in [0.4, 0.5) is 5.69 Å². The van der Waals surface area contributed by atoms with Gasteiger partial charge in [0.25, 0.3) is 0 Å². The Kier molecular flexibility index (Phi) is 5.91. The van der Waals surface area contributed by atoms with Gasteiger partial charge in [-0.15, -0.1) is 0 Å². The first kappa shape index (κ1) is 19.2. The molecular formula is C22H35N3O. The molecule has 1 aromatic carbocycles. The van der Waals surface area contributed by atoms with E-state index in [9.17, 15) is 4.79 Å². The van der Waals surface area contributed by atoms with Gasteiger partial charge in [0.2, 0.25) is 5.91 Å². The highest BCUT2D eigenvalue weighted by atomic mass is 16.2. The fourth-order valence-electron chi connectivity index (χ4n) is 4.66. The van der Waals surface area contributed by atoms with Gasteiger partial charge in [0, 0.05) is 44.0 Å². The van der Waals surface area contributed by atoms with Gasteiger partial charge >= 0.3 is 0 Å². The van der Waals surface area contributed by atoms with Crippen molar-refractivity contribution in [2.24, 2.45) is 0 Å². The van der Waals surface area contributed by atoms with Crippen LogP contribution in [0.15, 0.2) is 18.2 Å². The predicted molar refractivity (Wildman–Crippen MR) is 109 cm³/mol. The van der Waals surface area contributed by atoms with E-state index < -0.39 is 0 Å². The summed E-state index contributed by atoms with van der Waals surface area (Å²) in [5, 5.41) is 0. The van der Waals surface area contributed by atoms with Crippen molar-refractivity contribution < 1.29 is 4.79 Å². The van der Waals surface area contributed by atoms with Crippen LogP contribution in [-0.4, -0.2) is 60.0 Å². The molecule has 4 nitrogen and oxygen atoms in total. The van der Waals surface area contributed by atoms with Gasteiger partial charge in [0.05, 0.1) is 6.04 Å². The van der Waals surface area contributed by atoms with Crippen LogP contribution in [0.25, 0.3) is 0 Å². The Morgan fingerprint density at radius 2 is 1.65 bits per heavy atom. The molecule has 3 atom stereocenters. The van der Waals surface area contributed by atoms with Crippen molar-refractivity contribution in [3.05, 3.63) is 29.3 Å². The SMILES string of the molecule is Cc1cccc(N2CCN([C@@H](C)C(=O)N3[C@H](C)CCC[C@@H]3C)CC2)c1C. The Morgan fingerprint density at radius 1 is 1.04 bits per heavy atom. The van der Waals surface area contributed by atoms with Crippen molar-refractivity contribution >= 4 is 11.6 Å². The Balaban J connectivity index is 1.62. The van der Waals surface area contributed by atoms with Gasteiger partial charge in [-0.1, -0.05) is 12.1 Å². The van der Waals surface area contributed by atoms with Crippen LogP contribution in [0.1, 0.15) is 51.2 Å². The average Bonchev–Trinajstić information content (AvgIpc) is 2.63. The molecule has 0 radical (unpaired) electrons. The smallest absolute Gasteiger partial charge is 0.240 e. The lowest BCUT2D eigenvalue weighted by Gasteiger charge is -2.44. The van der Waals surface area contributed by atoms with E-state index in [4.69, 9.17) is 0 Å². The third kappa shape index (κ3) is 3.75. The van der Waals surface area contributed by atoms with Gasteiger partial charge in [0.1, 0.15) is 0 Å². The van der Waals surface area contributed by atoms with Crippen molar-refractivity contribution in [2.75, 3.05) is 31.1 Å². The summed E-state index contributed by atoms with van der Waals surface area (Å²) in [6, 6.07) is 7.30. The molecule has 1 aromatic rings. The number of benzene rings is 1. The topological polar surface area (TPSA) is 26.8 Å². The van der Waals surface area contributed by atoms with E-state index >= 15 is 0 Å². The Hall–Kier alpha value is -1.55. The van der Waals surface area contributed by atoms with Crippen molar-refractivity contribution in [3.8, 4) is 0 Å². The number of piperazine rings is 1. The maximum absolute atomic E-state index is 13.1. The van der Waals surface area contributed by atoms with Gasteiger partial charge < -0.3 is 9.80 Å². The highest BCUT2D eigenvalue weighted by Crippen LogP contribution is 2.26. The normalized spacial score (nSPS) is 26.0. The van der Waals surface area contributed by atoms with E-state index in [0.29, 0.717) is 18.0 Å². The summed E-state index contributed by atoms with van der Waals surface area (Å²) in [5.41, 5.74) is 4.07. The molecule has 2 aliphatic heterocycles. The van der Waals surface area contributed by atoms with Crippen LogP contribution in [0.2, 0.25) is 0 Å². The van der Waals surface area contributed by atoms with Gasteiger partial charge in [0.15, 0.2) is 0 Å². The maximum atomic E-state index is 13.1. The van der Waals surface area contributed by atoms with Crippen LogP contribution in [-0.2, 0) is 4.79 Å². The molecule has 3 rings (SSSR count).